The van der Waals surface area contributed by atoms with Crippen molar-refractivity contribution >= 4 is 69.9 Å². The van der Waals surface area contributed by atoms with Crippen LogP contribution in [-0.4, -0.2) is 30.3 Å². The lowest BCUT2D eigenvalue weighted by molar-refractivity contribution is -0.120. The number of hydrogen-bond donors (Lipinski definition) is 2. The Morgan fingerprint density at radius 3 is 2.32 bits per heavy atom. The van der Waals surface area contributed by atoms with E-state index in [1.54, 1.807) is 43.3 Å². The first-order chi connectivity index (χ1) is 18.2. The summed E-state index contributed by atoms with van der Waals surface area (Å²) in [5.41, 5.74) is 1.74. The molecule has 0 saturated heterocycles. The van der Waals surface area contributed by atoms with E-state index in [-0.39, 0.29) is 41.0 Å². The van der Waals surface area contributed by atoms with E-state index in [2.05, 4.69) is 10.6 Å². The molecule has 194 valence electrons. The van der Waals surface area contributed by atoms with Gasteiger partial charge in [0.25, 0.3) is 17.7 Å². The molecule has 0 spiro atoms. The van der Waals surface area contributed by atoms with Gasteiger partial charge in [0.15, 0.2) is 0 Å². The van der Waals surface area contributed by atoms with Crippen LogP contribution in [0.5, 0.6) is 0 Å². The summed E-state index contributed by atoms with van der Waals surface area (Å²) in [7, 11) is 0. The fraction of sp³-hybridized carbons (Fsp3) is 0.111. The molecule has 4 rings (SSSR count). The zero-order valence-electron chi connectivity index (χ0n) is 19.9. The van der Waals surface area contributed by atoms with Gasteiger partial charge >= 0.3 is 5.97 Å². The summed E-state index contributed by atoms with van der Waals surface area (Å²) in [6.45, 7) is 2.09. The summed E-state index contributed by atoms with van der Waals surface area (Å²) < 4.78 is 4.94. The lowest BCUT2D eigenvalue weighted by atomic mass is 10.1. The molecule has 3 aromatic rings. The monoisotopic (exact) mass is 571 g/mol. The molecule has 0 radical (unpaired) electrons. The van der Waals surface area contributed by atoms with E-state index in [9.17, 15) is 19.2 Å². The Kier molecular flexibility index (Phi) is 8.36. The molecular formula is C27H20Cl3N3O5. The quantitative estimate of drug-likeness (QED) is 0.271. The van der Waals surface area contributed by atoms with Crippen LogP contribution in [0.1, 0.15) is 33.2 Å². The first-order valence-corrected chi connectivity index (χ1v) is 12.5. The van der Waals surface area contributed by atoms with Crippen molar-refractivity contribution in [2.75, 3.05) is 16.8 Å². The van der Waals surface area contributed by atoms with Crippen molar-refractivity contribution in [3.63, 3.8) is 0 Å². The van der Waals surface area contributed by atoms with Gasteiger partial charge in [0.1, 0.15) is 10.7 Å². The number of rotatable bonds is 8. The molecule has 1 aliphatic heterocycles. The number of nitrogens with zero attached hydrogens (tertiary/aromatic N) is 1. The summed E-state index contributed by atoms with van der Waals surface area (Å²) in [6.07, 6.45) is 0. The summed E-state index contributed by atoms with van der Waals surface area (Å²) in [5, 5.41) is 6.23. The average molecular weight is 573 g/mol. The number of anilines is 2. The van der Waals surface area contributed by atoms with Crippen LogP contribution in [0.2, 0.25) is 10.0 Å². The van der Waals surface area contributed by atoms with E-state index < -0.39 is 17.8 Å². The SMILES string of the molecule is CCOC(=O)c1ccc(N2C(=O)C(Cl)=C(Nc3cccc(C(=O)NCc4ccc(Cl)cc4Cl)c3)C2=O)cc1. The minimum absolute atomic E-state index is 0.142. The molecular weight excluding hydrogens is 553 g/mol. The fourth-order valence-electron chi connectivity index (χ4n) is 3.63. The summed E-state index contributed by atoms with van der Waals surface area (Å²) in [5.74, 6) is -2.30. The Bertz CT molecular complexity index is 1470. The van der Waals surface area contributed by atoms with Gasteiger partial charge in [-0.1, -0.05) is 46.9 Å². The Balaban J connectivity index is 1.46. The summed E-state index contributed by atoms with van der Waals surface area (Å²) >= 11 is 18.3. The minimum Gasteiger partial charge on any atom is -0.462 e. The van der Waals surface area contributed by atoms with Gasteiger partial charge in [-0.25, -0.2) is 9.69 Å². The number of ether oxygens (including phenoxy) is 1. The highest BCUT2D eigenvalue weighted by atomic mass is 35.5. The molecule has 11 heteroatoms. The Morgan fingerprint density at radius 2 is 1.63 bits per heavy atom. The normalized spacial score (nSPS) is 13.1. The number of carbonyl (C=O) groups excluding carboxylic acids is 4. The molecule has 1 heterocycles. The van der Waals surface area contributed by atoms with Gasteiger partial charge in [0.05, 0.1) is 17.9 Å². The van der Waals surface area contributed by atoms with Crippen LogP contribution in [0.3, 0.4) is 0 Å². The molecule has 3 aromatic carbocycles. The molecule has 38 heavy (non-hydrogen) atoms. The van der Waals surface area contributed by atoms with Gasteiger partial charge in [-0.2, -0.15) is 0 Å². The first kappa shape index (κ1) is 27.2. The third-order valence-corrected chi connectivity index (χ3v) is 6.45. The van der Waals surface area contributed by atoms with E-state index in [4.69, 9.17) is 39.5 Å². The smallest absolute Gasteiger partial charge is 0.338 e. The molecule has 3 amide bonds. The number of nitrogens with one attached hydrogen (secondary N) is 2. The zero-order chi connectivity index (χ0) is 27.4. The number of benzene rings is 3. The average Bonchev–Trinajstić information content (AvgIpc) is 3.11. The van der Waals surface area contributed by atoms with Crippen LogP contribution in [0, 0.1) is 0 Å². The highest BCUT2D eigenvalue weighted by Gasteiger charge is 2.39. The van der Waals surface area contributed by atoms with Gasteiger partial charge in [0, 0.05) is 27.8 Å². The number of hydrogen-bond acceptors (Lipinski definition) is 6. The Hall–Kier alpha value is -3.85. The van der Waals surface area contributed by atoms with Crippen LogP contribution < -0.4 is 15.5 Å². The van der Waals surface area contributed by atoms with Gasteiger partial charge < -0.3 is 15.4 Å². The molecule has 8 nitrogen and oxygen atoms in total. The van der Waals surface area contributed by atoms with Crippen LogP contribution in [0.15, 0.2) is 77.5 Å². The van der Waals surface area contributed by atoms with E-state index in [1.807, 2.05) is 0 Å². The van der Waals surface area contributed by atoms with Crippen LogP contribution >= 0.6 is 34.8 Å². The predicted molar refractivity (Wildman–Crippen MR) is 145 cm³/mol. The fourth-order valence-corrected chi connectivity index (χ4v) is 4.32. The number of esters is 1. The van der Waals surface area contributed by atoms with Gasteiger partial charge in [-0.15, -0.1) is 0 Å². The first-order valence-electron chi connectivity index (χ1n) is 11.3. The van der Waals surface area contributed by atoms with Crippen molar-refractivity contribution in [3.05, 3.63) is 104 Å². The minimum atomic E-state index is -0.725. The third kappa shape index (κ3) is 5.83. The molecule has 0 saturated carbocycles. The maximum Gasteiger partial charge on any atom is 0.338 e. The second kappa shape index (κ2) is 11.7. The number of carbonyl (C=O) groups is 4. The largest absolute Gasteiger partial charge is 0.462 e. The zero-order valence-corrected chi connectivity index (χ0v) is 22.2. The molecule has 0 unspecified atom stereocenters. The van der Waals surface area contributed by atoms with E-state index >= 15 is 0 Å². The molecule has 0 atom stereocenters. The lowest BCUT2D eigenvalue weighted by Gasteiger charge is -2.15. The van der Waals surface area contributed by atoms with Gasteiger partial charge in [-0.3, -0.25) is 14.4 Å². The van der Waals surface area contributed by atoms with Gasteiger partial charge in [0.2, 0.25) is 0 Å². The molecule has 0 bridgehead atoms. The van der Waals surface area contributed by atoms with Crippen molar-refractivity contribution in [3.8, 4) is 0 Å². The van der Waals surface area contributed by atoms with Crippen LogP contribution in [0.4, 0.5) is 11.4 Å². The molecule has 0 aliphatic carbocycles. The maximum absolute atomic E-state index is 13.1. The Labute approximate surface area is 233 Å². The highest BCUT2D eigenvalue weighted by Crippen LogP contribution is 2.30. The van der Waals surface area contributed by atoms with Crippen LogP contribution in [0.25, 0.3) is 0 Å². The van der Waals surface area contributed by atoms with E-state index in [0.717, 1.165) is 4.90 Å². The lowest BCUT2D eigenvalue weighted by Crippen LogP contribution is -2.32. The van der Waals surface area contributed by atoms with Crippen molar-refractivity contribution < 1.29 is 23.9 Å². The second-order valence-electron chi connectivity index (χ2n) is 8.03. The molecule has 0 aromatic heterocycles. The Morgan fingerprint density at radius 1 is 0.895 bits per heavy atom. The van der Waals surface area contributed by atoms with Crippen molar-refractivity contribution in [1.82, 2.24) is 5.32 Å². The number of imide groups is 1. The van der Waals surface area contributed by atoms with Crippen molar-refractivity contribution in [2.24, 2.45) is 0 Å². The van der Waals surface area contributed by atoms with Gasteiger partial charge in [-0.05, 0) is 67.1 Å². The number of amides is 3. The topological polar surface area (TPSA) is 105 Å². The summed E-state index contributed by atoms with van der Waals surface area (Å²) in [6, 6.07) is 17.1. The van der Waals surface area contributed by atoms with E-state index in [0.29, 0.717) is 26.9 Å². The summed E-state index contributed by atoms with van der Waals surface area (Å²) in [4.78, 5) is 51.4. The molecule has 2 N–H and O–H groups in total. The predicted octanol–water partition coefficient (Wildman–Crippen LogP) is 5.54. The van der Waals surface area contributed by atoms with E-state index in [1.165, 1.54) is 30.3 Å². The van der Waals surface area contributed by atoms with Crippen molar-refractivity contribution in [2.45, 2.75) is 13.5 Å². The number of halogens is 3. The second-order valence-corrected chi connectivity index (χ2v) is 9.25. The maximum atomic E-state index is 13.1. The third-order valence-electron chi connectivity index (χ3n) is 5.51. The van der Waals surface area contributed by atoms with Crippen LogP contribution in [-0.2, 0) is 20.9 Å². The standard InChI is InChI=1S/C27H20Cl3N3O5/c1-2-38-27(37)15-7-10-20(11-8-15)33-25(35)22(30)23(26(33)36)32-19-5-3-4-16(12-19)24(34)31-14-17-6-9-18(28)13-21(17)29/h3-13,32H,2,14H2,1H3,(H,31,34). The molecule has 0 fully saturated rings. The molecule has 1 aliphatic rings. The highest BCUT2D eigenvalue weighted by molar-refractivity contribution is 6.53. The van der Waals surface area contributed by atoms with Crippen molar-refractivity contribution in [1.29, 1.82) is 0 Å².